The number of ether oxygens (including phenoxy) is 4. The van der Waals surface area contributed by atoms with Gasteiger partial charge in [0.1, 0.15) is 12.4 Å². The number of benzene rings is 2. The molecule has 196 valence electrons. The van der Waals surface area contributed by atoms with Crippen LogP contribution < -0.4 is 9.47 Å². The van der Waals surface area contributed by atoms with Crippen molar-refractivity contribution in [1.82, 2.24) is 0 Å². The topological polar surface area (TPSA) is 83.4 Å². The first-order chi connectivity index (χ1) is 18.0. The minimum absolute atomic E-state index is 0.0618. The molecule has 1 aliphatic carbocycles. The molecule has 0 spiro atoms. The second-order valence-corrected chi connectivity index (χ2v) is 9.43. The van der Waals surface area contributed by atoms with Gasteiger partial charge in [0.2, 0.25) is 0 Å². The van der Waals surface area contributed by atoms with E-state index in [-0.39, 0.29) is 24.9 Å². The molecule has 37 heavy (non-hydrogen) atoms. The molecule has 3 atom stereocenters. The molecular weight excluding hydrogens is 470 g/mol. The van der Waals surface area contributed by atoms with Crippen molar-refractivity contribution in [2.45, 2.75) is 44.9 Å². The number of hydrogen-bond donors (Lipinski definition) is 0. The van der Waals surface area contributed by atoms with E-state index in [1.54, 1.807) is 14.2 Å². The van der Waals surface area contributed by atoms with Crippen molar-refractivity contribution in [3.8, 4) is 11.5 Å². The van der Waals surface area contributed by atoms with Gasteiger partial charge >= 0.3 is 5.97 Å². The highest BCUT2D eigenvalue weighted by molar-refractivity contribution is 6.12. The standard InChI is InChI=1S/C30H35NO6/c1-5-13-36-25-12-11-21(18-26(25)35-4)28-27(30(33)37-15-14-34-3)19(2)31-23-16-22(17-24(32)29(23)28)20-9-7-6-8-10-20/h6-12,18,22,28-29H,5,13-17H2,1-4H3/t22-,28+,29?/m0/s1. The number of esters is 1. The summed E-state index contributed by atoms with van der Waals surface area (Å²) >= 11 is 0. The van der Waals surface area contributed by atoms with Crippen molar-refractivity contribution in [3.63, 3.8) is 0 Å². The lowest BCUT2D eigenvalue weighted by atomic mass is 9.66. The second-order valence-electron chi connectivity index (χ2n) is 9.43. The van der Waals surface area contributed by atoms with Crippen molar-refractivity contribution in [2.75, 3.05) is 34.0 Å². The van der Waals surface area contributed by atoms with Crippen molar-refractivity contribution in [2.24, 2.45) is 10.9 Å². The second kappa shape index (κ2) is 12.2. The fraction of sp³-hybridized carbons (Fsp3) is 0.433. The molecule has 7 heteroatoms. The zero-order chi connectivity index (χ0) is 26.4. The maximum absolute atomic E-state index is 13.8. The zero-order valence-electron chi connectivity index (χ0n) is 22.0. The van der Waals surface area contributed by atoms with Crippen LogP contribution in [0, 0.1) is 5.92 Å². The van der Waals surface area contributed by atoms with E-state index in [1.807, 2.05) is 50.2 Å². The molecule has 7 nitrogen and oxygen atoms in total. The van der Waals surface area contributed by atoms with Gasteiger partial charge in [0.05, 0.1) is 31.8 Å². The molecule has 1 fully saturated rings. The number of Topliss-reactive ketones (excluding diaryl/α,β-unsaturated/α-hetero) is 1. The van der Waals surface area contributed by atoms with Crippen molar-refractivity contribution in [1.29, 1.82) is 0 Å². The molecule has 0 bridgehead atoms. The van der Waals surface area contributed by atoms with Crippen LogP contribution in [0.15, 0.2) is 64.8 Å². The van der Waals surface area contributed by atoms with Crippen LogP contribution in [0.5, 0.6) is 11.5 Å². The number of carbonyl (C=O) groups excluding carboxylic acids is 2. The Kier molecular flexibility index (Phi) is 8.77. The summed E-state index contributed by atoms with van der Waals surface area (Å²) in [5, 5.41) is 0. The molecule has 0 amide bonds. The van der Waals surface area contributed by atoms with Gasteiger partial charge < -0.3 is 18.9 Å². The van der Waals surface area contributed by atoms with Crippen LogP contribution in [0.3, 0.4) is 0 Å². The van der Waals surface area contributed by atoms with Crippen LogP contribution in [-0.2, 0) is 19.1 Å². The lowest BCUT2D eigenvalue weighted by Gasteiger charge is -2.38. The quantitative estimate of drug-likeness (QED) is 0.324. The molecule has 0 radical (unpaired) electrons. The van der Waals surface area contributed by atoms with Gasteiger partial charge in [-0.15, -0.1) is 0 Å². The van der Waals surface area contributed by atoms with Gasteiger partial charge in [0.15, 0.2) is 11.5 Å². The van der Waals surface area contributed by atoms with Crippen LogP contribution in [0.25, 0.3) is 0 Å². The van der Waals surface area contributed by atoms with Crippen molar-refractivity contribution >= 4 is 17.5 Å². The molecule has 1 unspecified atom stereocenters. The lowest BCUT2D eigenvalue weighted by Crippen LogP contribution is -2.41. The number of ketones is 1. The average Bonchev–Trinajstić information content (AvgIpc) is 2.91. The summed E-state index contributed by atoms with van der Waals surface area (Å²) < 4.78 is 22.0. The summed E-state index contributed by atoms with van der Waals surface area (Å²) in [6, 6.07) is 15.7. The van der Waals surface area contributed by atoms with Gasteiger partial charge in [-0.25, -0.2) is 4.79 Å². The summed E-state index contributed by atoms with van der Waals surface area (Å²) in [6.45, 7) is 4.83. The lowest BCUT2D eigenvalue weighted by molar-refractivity contribution is -0.140. The Hall–Kier alpha value is -3.45. The maximum atomic E-state index is 13.8. The minimum atomic E-state index is -0.541. The maximum Gasteiger partial charge on any atom is 0.336 e. The van der Waals surface area contributed by atoms with E-state index in [0.717, 1.165) is 23.3 Å². The molecule has 4 rings (SSSR count). The van der Waals surface area contributed by atoms with Crippen LogP contribution in [-0.4, -0.2) is 51.5 Å². The molecule has 0 aromatic heterocycles. The molecule has 1 saturated carbocycles. The number of hydrogen-bond acceptors (Lipinski definition) is 7. The summed E-state index contributed by atoms with van der Waals surface area (Å²) in [4.78, 5) is 31.9. The first kappa shape index (κ1) is 26.6. The molecule has 1 heterocycles. The predicted octanol–water partition coefficient (Wildman–Crippen LogP) is 5.25. The number of rotatable bonds is 10. The van der Waals surface area contributed by atoms with E-state index in [1.165, 1.54) is 0 Å². The largest absolute Gasteiger partial charge is 0.493 e. The first-order valence-electron chi connectivity index (χ1n) is 12.8. The molecule has 1 aliphatic heterocycles. The Bertz CT molecular complexity index is 1190. The molecule has 0 N–H and O–H groups in total. The van der Waals surface area contributed by atoms with Gasteiger partial charge in [-0.3, -0.25) is 9.79 Å². The summed E-state index contributed by atoms with van der Waals surface area (Å²) in [5.74, 6) is -0.227. The van der Waals surface area contributed by atoms with Crippen molar-refractivity contribution < 1.29 is 28.5 Å². The molecule has 2 aromatic carbocycles. The Morgan fingerprint density at radius 1 is 0.946 bits per heavy atom. The smallest absolute Gasteiger partial charge is 0.336 e. The molecule has 0 saturated heterocycles. The Balaban J connectivity index is 1.76. The number of methoxy groups -OCH3 is 2. The summed E-state index contributed by atoms with van der Waals surface area (Å²) in [5.41, 5.74) is 3.71. The van der Waals surface area contributed by atoms with E-state index in [0.29, 0.717) is 42.2 Å². The number of allylic oxidation sites excluding steroid dienone is 1. The van der Waals surface area contributed by atoms with Gasteiger partial charge in [0.25, 0.3) is 0 Å². The van der Waals surface area contributed by atoms with E-state index >= 15 is 0 Å². The number of fused-ring (bicyclic) bond motifs is 1. The molecular formula is C30H35NO6. The fourth-order valence-electron chi connectivity index (χ4n) is 5.27. The van der Waals surface area contributed by atoms with E-state index in [4.69, 9.17) is 23.9 Å². The van der Waals surface area contributed by atoms with E-state index in [2.05, 4.69) is 12.1 Å². The Morgan fingerprint density at radius 3 is 2.43 bits per heavy atom. The highest BCUT2D eigenvalue weighted by Crippen LogP contribution is 2.47. The van der Waals surface area contributed by atoms with Crippen LogP contribution >= 0.6 is 0 Å². The highest BCUT2D eigenvalue weighted by Gasteiger charge is 2.46. The van der Waals surface area contributed by atoms with Crippen LogP contribution in [0.4, 0.5) is 0 Å². The zero-order valence-corrected chi connectivity index (χ0v) is 22.0. The van der Waals surface area contributed by atoms with Gasteiger partial charge in [0, 0.05) is 30.9 Å². The van der Waals surface area contributed by atoms with Gasteiger partial charge in [-0.2, -0.15) is 0 Å². The normalized spacial score (nSPS) is 21.2. The van der Waals surface area contributed by atoms with Crippen LogP contribution in [0.1, 0.15) is 56.1 Å². The van der Waals surface area contributed by atoms with Crippen LogP contribution in [0.2, 0.25) is 0 Å². The number of carbonyl (C=O) groups is 2. The fourth-order valence-corrected chi connectivity index (χ4v) is 5.27. The number of aliphatic imine (C=N–C) groups is 1. The number of nitrogens with zero attached hydrogens (tertiary/aromatic N) is 1. The molecule has 2 aliphatic rings. The van der Waals surface area contributed by atoms with E-state index < -0.39 is 17.8 Å². The third kappa shape index (κ3) is 5.77. The Morgan fingerprint density at radius 2 is 1.73 bits per heavy atom. The van der Waals surface area contributed by atoms with Gasteiger partial charge in [-0.05, 0) is 48.9 Å². The highest BCUT2D eigenvalue weighted by atomic mass is 16.6. The predicted molar refractivity (Wildman–Crippen MR) is 141 cm³/mol. The van der Waals surface area contributed by atoms with Gasteiger partial charge in [-0.1, -0.05) is 43.3 Å². The minimum Gasteiger partial charge on any atom is -0.493 e. The van der Waals surface area contributed by atoms with Crippen molar-refractivity contribution in [3.05, 3.63) is 70.9 Å². The third-order valence-corrected chi connectivity index (χ3v) is 6.97. The monoisotopic (exact) mass is 505 g/mol. The average molecular weight is 506 g/mol. The summed E-state index contributed by atoms with van der Waals surface area (Å²) in [6.07, 6.45) is 1.92. The Labute approximate surface area is 218 Å². The molecule has 2 aromatic rings. The SMILES string of the molecule is CCCOc1ccc([C@@H]2C(C(=O)OCCOC)=C(C)N=C3C[C@H](c4ccccc4)CC(=O)C32)cc1OC. The van der Waals surface area contributed by atoms with E-state index in [9.17, 15) is 9.59 Å². The third-order valence-electron chi connectivity index (χ3n) is 6.97. The first-order valence-corrected chi connectivity index (χ1v) is 12.8. The summed E-state index contributed by atoms with van der Waals surface area (Å²) in [7, 11) is 3.14.